The fourth-order valence-electron chi connectivity index (χ4n) is 3.29. The molecule has 2 rings (SSSR count). The molecule has 1 heterocycles. The number of nitrogens with one attached hydrogen (secondary N) is 1. The molecule has 2 nitrogen and oxygen atoms in total. The van der Waals surface area contributed by atoms with E-state index in [-0.39, 0.29) is 6.67 Å². The molecule has 3 unspecified atom stereocenters. The number of hydrogen-bond donors (Lipinski definition) is 1. The predicted octanol–water partition coefficient (Wildman–Crippen LogP) is 3.28. The second-order valence-electron chi connectivity index (χ2n) is 6.29. The molecule has 1 aliphatic heterocycles. The predicted molar refractivity (Wildman–Crippen MR) is 87.3 cm³/mol. The molecule has 0 aromatic heterocycles. The van der Waals surface area contributed by atoms with Crippen LogP contribution in [-0.2, 0) is 6.42 Å². The summed E-state index contributed by atoms with van der Waals surface area (Å²) in [6.45, 7) is 7.29. The Labute approximate surface area is 128 Å². The molecule has 1 saturated heterocycles. The Balaban J connectivity index is 1.95. The summed E-state index contributed by atoms with van der Waals surface area (Å²) in [5.74, 6) is 0.662. The van der Waals surface area contributed by atoms with Crippen molar-refractivity contribution in [3.8, 4) is 0 Å². The molecule has 1 aromatic rings. The van der Waals surface area contributed by atoms with E-state index in [0.29, 0.717) is 24.4 Å². The number of hydrogen-bond acceptors (Lipinski definition) is 2. The summed E-state index contributed by atoms with van der Waals surface area (Å²) in [5, 5.41) is 3.70. The number of nitrogens with zero attached hydrogens (tertiary/aromatic N) is 1. The van der Waals surface area contributed by atoms with Gasteiger partial charge < -0.3 is 5.32 Å². The van der Waals surface area contributed by atoms with E-state index < -0.39 is 0 Å². The Morgan fingerprint density at radius 1 is 1.33 bits per heavy atom. The number of halogens is 1. The highest BCUT2D eigenvalue weighted by molar-refractivity contribution is 5.16. The van der Waals surface area contributed by atoms with Crippen LogP contribution in [-0.4, -0.2) is 43.3 Å². The summed E-state index contributed by atoms with van der Waals surface area (Å²) >= 11 is 0. The molecule has 0 spiro atoms. The molecule has 1 aromatic carbocycles. The Bertz CT molecular complexity index is 395. The van der Waals surface area contributed by atoms with Gasteiger partial charge in [0.25, 0.3) is 0 Å². The lowest BCUT2D eigenvalue weighted by Gasteiger charge is -2.43. The number of rotatable bonds is 7. The van der Waals surface area contributed by atoms with Crippen LogP contribution < -0.4 is 5.32 Å². The van der Waals surface area contributed by atoms with Crippen LogP contribution in [0.2, 0.25) is 0 Å². The van der Waals surface area contributed by atoms with Crippen molar-refractivity contribution >= 4 is 0 Å². The fourth-order valence-corrected chi connectivity index (χ4v) is 3.29. The second-order valence-corrected chi connectivity index (χ2v) is 6.29. The van der Waals surface area contributed by atoms with E-state index in [1.807, 2.05) is 0 Å². The minimum absolute atomic E-state index is 0.208. The molecule has 0 aliphatic carbocycles. The van der Waals surface area contributed by atoms with E-state index in [9.17, 15) is 4.39 Å². The van der Waals surface area contributed by atoms with Gasteiger partial charge in [0.05, 0.1) is 6.67 Å². The van der Waals surface area contributed by atoms with Gasteiger partial charge in [-0.1, -0.05) is 50.6 Å². The van der Waals surface area contributed by atoms with Gasteiger partial charge in [-0.05, 0) is 24.3 Å². The van der Waals surface area contributed by atoms with Crippen molar-refractivity contribution < 1.29 is 4.39 Å². The van der Waals surface area contributed by atoms with Gasteiger partial charge in [0.15, 0.2) is 0 Å². The Morgan fingerprint density at radius 3 is 2.76 bits per heavy atom. The van der Waals surface area contributed by atoms with Gasteiger partial charge in [0.1, 0.15) is 0 Å². The first kappa shape index (κ1) is 16.4. The van der Waals surface area contributed by atoms with Crippen molar-refractivity contribution in [1.82, 2.24) is 10.2 Å². The average molecular weight is 292 g/mol. The van der Waals surface area contributed by atoms with Crippen LogP contribution in [0.3, 0.4) is 0 Å². The highest BCUT2D eigenvalue weighted by atomic mass is 19.1. The fraction of sp³-hybridized carbons (Fsp3) is 0.667. The number of piperazine rings is 1. The lowest BCUT2D eigenvalue weighted by Crippen LogP contribution is -2.59. The van der Waals surface area contributed by atoms with Gasteiger partial charge in [-0.3, -0.25) is 9.29 Å². The molecular weight excluding hydrogens is 263 g/mol. The summed E-state index contributed by atoms with van der Waals surface area (Å²) in [6.07, 6.45) is 2.90. The smallest absolute Gasteiger partial charge is 0.0906 e. The van der Waals surface area contributed by atoms with Crippen molar-refractivity contribution in [2.24, 2.45) is 5.92 Å². The number of alkyl halides is 1. The summed E-state index contributed by atoms with van der Waals surface area (Å²) in [5.41, 5.74) is 1.38. The molecule has 0 saturated carbocycles. The molecule has 1 fully saturated rings. The molecule has 1 aliphatic rings. The van der Waals surface area contributed by atoms with E-state index in [4.69, 9.17) is 0 Å². The van der Waals surface area contributed by atoms with Crippen LogP contribution >= 0.6 is 0 Å². The van der Waals surface area contributed by atoms with E-state index in [2.05, 4.69) is 54.4 Å². The highest BCUT2D eigenvalue weighted by Crippen LogP contribution is 2.20. The molecule has 0 bridgehead atoms. The van der Waals surface area contributed by atoms with Crippen molar-refractivity contribution in [2.75, 3.05) is 26.3 Å². The van der Waals surface area contributed by atoms with Crippen molar-refractivity contribution in [3.63, 3.8) is 0 Å². The summed E-state index contributed by atoms with van der Waals surface area (Å²) in [7, 11) is 0. The van der Waals surface area contributed by atoms with Crippen LogP contribution in [0.15, 0.2) is 30.3 Å². The van der Waals surface area contributed by atoms with Crippen LogP contribution in [0.5, 0.6) is 0 Å². The van der Waals surface area contributed by atoms with Crippen LogP contribution in [0.1, 0.15) is 32.3 Å². The normalized spacial score (nSPS) is 24.9. The zero-order chi connectivity index (χ0) is 15.1. The zero-order valence-electron chi connectivity index (χ0n) is 13.4. The molecule has 0 amide bonds. The monoisotopic (exact) mass is 292 g/mol. The maximum Gasteiger partial charge on any atom is 0.0906 e. The van der Waals surface area contributed by atoms with Gasteiger partial charge in [0, 0.05) is 31.7 Å². The quantitative estimate of drug-likeness (QED) is 0.829. The Hall–Kier alpha value is -0.930. The topological polar surface area (TPSA) is 15.3 Å². The van der Waals surface area contributed by atoms with E-state index in [1.54, 1.807) is 0 Å². The third-order valence-corrected chi connectivity index (χ3v) is 4.74. The van der Waals surface area contributed by atoms with Gasteiger partial charge >= 0.3 is 0 Å². The molecule has 0 radical (unpaired) electrons. The third kappa shape index (κ3) is 4.79. The minimum Gasteiger partial charge on any atom is -0.311 e. The largest absolute Gasteiger partial charge is 0.311 e. The summed E-state index contributed by atoms with van der Waals surface area (Å²) < 4.78 is 12.6. The second kappa shape index (κ2) is 8.50. The van der Waals surface area contributed by atoms with E-state index in [1.165, 1.54) is 12.0 Å². The first-order valence-electron chi connectivity index (χ1n) is 8.32. The Kier molecular flexibility index (Phi) is 6.65. The van der Waals surface area contributed by atoms with Crippen LogP contribution in [0, 0.1) is 5.92 Å². The van der Waals surface area contributed by atoms with E-state index >= 15 is 0 Å². The molecule has 3 atom stereocenters. The van der Waals surface area contributed by atoms with Crippen molar-refractivity contribution in [1.29, 1.82) is 0 Å². The van der Waals surface area contributed by atoms with Gasteiger partial charge in [-0.2, -0.15) is 0 Å². The van der Waals surface area contributed by atoms with Gasteiger partial charge in [0.2, 0.25) is 0 Å². The van der Waals surface area contributed by atoms with Gasteiger partial charge in [-0.25, -0.2) is 0 Å². The molecule has 1 N–H and O–H groups in total. The summed E-state index contributed by atoms with van der Waals surface area (Å²) in [4.78, 5) is 2.51. The third-order valence-electron chi connectivity index (χ3n) is 4.74. The lowest BCUT2D eigenvalue weighted by atomic mass is 9.93. The maximum atomic E-state index is 12.6. The summed E-state index contributed by atoms with van der Waals surface area (Å²) in [6, 6.07) is 11.7. The molecular formula is C18H29FN2. The maximum absolute atomic E-state index is 12.6. The van der Waals surface area contributed by atoms with Crippen molar-refractivity contribution in [3.05, 3.63) is 35.9 Å². The standard InChI is InChI=1S/C18H29FN2/c1-3-15(2)18-13-20-17(14-21(18)11-7-10-19)12-16-8-5-4-6-9-16/h4-6,8-9,15,17-18,20H,3,7,10-14H2,1-2H3. The van der Waals surface area contributed by atoms with Gasteiger partial charge in [-0.15, -0.1) is 0 Å². The first-order chi connectivity index (χ1) is 10.2. The zero-order valence-corrected chi connectivity index (χ0v) is 13.4. The minimum atomic E-state index is -0.208. The van der Waals surface area contributed by atoms with Crippen LogP contribution in [0.4, 0.5) is 4.39 Å². The Morgan fingerprint density at radius 2 is 2.10 bits per heavy atom. The van der Waals surface area contributed by atoms with E-state index in [0.717, 1.165) is 26.1 Å². The first-order valence-corrected chi connectivity index (χ1v) is 8.32. The molecule has 21 heavy (non-hydrogen) atoms. The SMILES string of the molecule is CCC(C)C1CNC(Cc2ccccc2)CN1CCCF. The van der Waals surface area contributed by atoms with Crippen molar-refractivity contribution in [2.45, 2.75) is 45.2 Å². The number of benzene rings is 1. The average Bonchev–Trinajstić information content (AvgIpc) is 2.53. The van der Waals surface area contributed by atoms with Crippen LogP contribution in [0.25, 0.3) is 0 Å². The molecule has 118 valence electrons. The lowest BCUT2D eigenvalue weighted by molar-refractivity contribution is 0.0881. The molecule has 3 heteroatoms. The highest BCUT2D eigenvalue weighted by Gasteiger charge is 2.30.